The van der Waals surface area contributed by atoms with E-state index in [4.69, 9.17) is 0 Å². The average molecular weight is 296 g/mol. The smallest absolute Gasteiger partial charge is 0.255 e. The van der Waals surface area contributed by atoms with Crippen molar-refractivity contribution in [2.45, 2.75) is 18.2 Å². The quantitative estimate of drug-likeness (QED) is 0.880. The van der Waals surface area contributed by atoms with Crippen LogP contribution < -0.4 is 5.32 Å². The van der Waals surface area contributed by atoms with E-state index >= 15 is 0 Å². The number of hydrogen-bond acceptors (Lipinski definition) is 2. The lowest BCUT2D eigenvalue weighted by atomic mass is 10.2. The van der Waals surface area contributed by atoms with E-state index in [0.717, 1.165) is 11.9 Å². The number of hydrogen-bond donors (Lipinski definition) is 1. The molecule has 2 heterocycles. The highest BCUT2D eigenvalue weighted by atomic mass is 79.9. The number of aromatic nitrogens is 2. The molecule has 0 aromatic carbocycles. The Hall–Kier alpha value is -1.36. The predicted molar refractivity (Wildman–Crippen MR) is 70.5 cm³/mol. The Kier molecular flexibility index (Phi) is 3.78. The van der Waals surface area contributed by atoms with Gasteiger partial charge in [0.1, 0.15) is 0 Å². The van der Waals surface area contributed by atoms with Crippen LogP contribution in [0.25, 0.3) is 5.52 Å². The zero-order valence-electron chi connectivity index (χ0n) is 9.56. The highest BCUT2D eigenvalue weighted by Gasteiger charge is 2.12. The minimum absolute atomic E-state index is 0.0795. The summed E-state index contributed by atoms with van der Waals surface area (Å²) in [6.07, 6.45) is 4.40. The van der Waals surface area contributed by atoms with Gasteiger partial charge in [0.25, 0.3) is 5.91 Å². The summed E-state index contributed by atoms with van der Waals surface area (Å²) in [5, 5.41) is 7.02. The van der Waals surface area contributed by atoms with E-state index in [1.54, 1.807) is 10.7 Å². The molecule has 2 aromatic rings. The highest BCUT2D eigenvalue weighted by Crippen LogP contribution is 2.10. The van der Waals surface area contributed by atoms with Crippen LogP contribution in [-0.4, -0.2) is 26.9 Å². The molecule has 0 spiro atoms. The Bertz CT molecular complexity index is 523. The fourth-order valence-corrected chi connectivity index (χ4v) is 1.71. The lowest BCUT2D eigenvalue weighted by Crippen LogP contribution is -2.29. The van der Waals surface area contributed by atoms with Gasteiger partial charge in [0.05, 0.1) is 17.3 Å². The second-order valence-electron chi connectivity index (χ2n) is 3.80. The van der Waals surface area contributed by atoms with Gasteiger partial charge in [-0.15, -0.1) is 0 Å². The maximum atomic E-state index is 12.0. The van der Waals surface area contributed by atoms with Gasteiger partial charge >= 0.3 is 0 Å². The molecule has 0 aliphatic rings. The highest BCUT2D eigenvalue weighted by molar-refractivity contribution is 9.09. The first-order valence-electron chi connectivity index (χ1n) is 5.57. The standard InChI is InChI=1S/C12H14BrN3O/c1-2-9(13)7-14-12(17)10-8-15-16-6-4-3-5-11(10)16/h3-6,8-9H,2,7H2,1H3,(H,14,17). The van der Waals surface area contributed by atoms with E-state index in [1.807, 2.05) is 24.4 Å². The number of carbonyl (C=O) groups is 1. The van der Waals surface area contributed by atoms with Crippen LogP contribution in [0.4, 0.5) is 0 Å². The van der Waals surface area contributed by atoms with Crippen molar-refractivity contribution in [3.63, 3.8) is 0 Å². The minimum atomic E-state index is -0.0795. The molecule has 0 saturated heterocycles. The Balaban J connectivity index is 2.14. The number of carbonyl (C=O) groups excluding carboxylic acids is 1. The van der Waals surface area contributed by atoms with Gasteiger partial charge < -0.3 is 5.32 Å². The van der Waals surface area contributed by atoms with Crippen LogP contribution >= 0.6 is 15.9 Å². The van der Waals surface area contributed by atoms with Crippen LogP contribution in [0.3, 0.4) is 0 Å². The summed E-state index contributed by atoms with van der Waals surface area (Å²) in [5.41, 5.74) is 1.44. The molecular weight excluding hydrogens is 282 g/mol. The Morgan fingerprint density at radius 3 is 3.18 bits per heavy atom. The van der Waals surface area contributed by atoms with Crippen LogP contribution in [0.5, 0.6) is 0 Å². The number of alkyl halides is 1. The molecule has 2 rings (SSSR count). The fourth-order valence-electron chi connectivity index (χ4n) is 1.55. The zero-order valence-corrected chi connectivity index (χ0v) is 11.1. The van der Waals surface area contributed by atoms with Gasteiger partial charge in [-0.1, -0.05) is 28.9 Å². The van der Waals surface area contributed by atoms with E-state index < -0.39 is 0 Å². The first-order chi connectivity index (χ1) is 8.22. The molecule has 1 atom stereocenters. The van der Waals surface area contributed by atoms with Crippen molar-refractivity contribution in [3.8, 4) is 0 Å². The third-order valence-electron chi connectivity index (χ3n) is 2.60. The Labute approximate surface area is 108 Å². The van der Waals surface area contributed by atoms with Crippen molar-refractivity contribution in [2.75, 3.05) is 6.54 Å². The summed E-state index contributed by atoms with van der Waals surface area (Å²) in [6, 6.07) is 5.66. The lowest BCUT2D eigenvalue weighted by Gasteiger charge is -2.07. The molecule has 0 aliphatic carbocycles. The van der Waals surface area contributed by atoms with Gasteiger partial charge in [-0.2, -0.15) is 5.10 Å². The number of nitrogens with zero attached hydrogens (tertiary/aromatic N) is 2. The number of halogens is 1. The summed E-state index contributed by atoms with van der Waals surface area (Å²) in [4.78, 5) is 12.3. The zero-order chi connectivity index (χ0) is 12.3. The number of amides is 1. The number of nitrogens with one attached hydrogen (secondary N) is 1. The Morgan fingerprint density at radius 1 is 1.59 bits per heavy atom. The topological polar surface area (TPSA) is 46.4 Å². The lowest BCUT2D eigenvalue weighted by molar-refractivity contribution is 0.0955. The maximum absolute atomic E-state index is 12.0. The van der Waals surface area contributed by atoms with Crippen LogP contribution in [0.1, 0.15) is 23.7 Å². The van der Waals surface area contributed by atoms with Gasteiger partial charge in [0.15, 0.2) is 0 Å². The molecule has 2 aromatic heterocycles. The second kappa shape index (κ2) is 5.31. The summed E-state index contributed by atoms with van der Waals surface area (Å²) in [6.45, 7) is 2.69. The SMILES string of the molecule is CCC(Br)CNC(=O)c1cnn2ccccc12. The molecule has 0 fully saturated rings. The van der Waals surface area contributed by atoms with Gasteiger partial charge in [-0.05, 0) is 18.6 Å². The van der Waals surface area contributed by atoms with E-state index in [1.165, 1.54) is 0 Å². The van der Waals surface area contributed by atoms with Crippen LogP contribution in [0.15, 0.2) is 30.6 Å². The van der Waals surface area contributed by atoms with Crippen LogP contribution in [0.2, 0.25) is 0 Å². The van der Waals surface area contributed by atoms with E-state index in [-0.39, 0.29) is 5.91 Å². The van der Waals surface area contributed by atoms with Gasteiger partial charge in [0, 0.05) is 17.6 Å². The average Bonchev–Trinajstić information content (AvgIpc) is 2.79. The number of pyridine rings is 1. The second-order valence-corrected chi connectivity index (χ2v) is 5.10. The third kappa shape index (κ3) is 2.66. The summed E-state index contributed by atoms with van der Waals surface area (Å²) in [7, 11) is 0. The molecule has 0 bridgehead atoms. The van der Waals surface area contributed by atoms with Crippen molar-refractivity contribution < 1.29 is 4.79 Å². The van der Waals surface area contributed by atoms with Crippen molar-refractivity contribution >= 4 is 27.4 Å². The van der Waals surface area contributed by atoms with E-state index in [9.17, 15) is 4.79 Å². The monoisotopic (exact) mass is 295 g/mol. The normalized spacial score (nSPS) is 12.6. The fraction of sp³-hybridized carbons (Fsp3) is 0.333. The molecule has 17 heavy (non-hydrogen) atoms. The summed E-state index contributed by atoms with van der Waals surface area (Å²) in [5.74, 6) is -0.0795. The van der Waals surface area contributed by atoms with Gasteiger partial charge in [-0.3, -0.25) is 4.79 Å². The van der Waals surface area contributed by atoms with Crippen LogP contribution in [0, 0.1) is 0 Å². The van der Waals surface area contributed by atoms with Crippen molar-refractivity contribution in [1.29, 1.82) is 0 Å². The van der Waals surface area contributed by atoms with Gasteiger partial charge in [-0.25, -0.2) is 4.52 Å². The molecule has 1 unspecified atom stereocenters. The first-order valence-corrected chi connectivity index (χ1v) is 6.48. The maximum Gasteiger partial charge on any atom is 0.255 e. The van der Waals surface area contributed by atoms with E-state index in [0.29, 0.717) is 16.9 Å². The summed E-state index contributed by atoms with van der Waals surface area (Å²) >= 11 is 3.48. The van der Waals surface area contributed by atoms with Crippen LogP contribution in [-0.2, 0) is 0 Å². The third-order valence-corrected chi connectivity index (χ3v) is 3.57. The number of fused-ring (bicyclic) bond motifs is 1. The van der Waals surface area contributed by atoms with Crippen molar-refractivity contribution in [3.05, 3.63) is 36.2 Å². The van der Waals surface area contributed by atoms with E-state index in [2.05, 4.69) is 33.3 Å². The molecule has 5 heteroatoms. The number of rotatable bonds is 4. The molecule has 0 radical (unpaired) electrons. The molecule has 90 valence electrons. The first kappa shape index (κ1) is 12.1. The minimum Gasteiger partial charge on any atom is -0.351 e. The van der Waals surface area contributed by atoms with Crippen molar-refractivity contribution in [1.82, 2.24) is 14.9 Å². The van der Waals surface area contributed by atoms with Crippen molar-refractivity contribution in [2.24, 2.45) is 0 Å². The molecule has 1 N–H and O–H groups in total. The molecule has 0 saturated carbocycles. The Morgan fingerprint density at radius 2 is 2.41 bits per heavy atom. The predicted octanol–water partition coefficient (Wildman–Crippen LogP) is 2.24. The molecule has 0 aliphatic heterocycles. The van der Waals surface area contributed by atoms with Gasteiger partial charge in [0.2, 0.25) is 0 Å². The summed E-state index contributed by atoms with van der Waals surface area (Å²) < 4.78 is 1.69. The molecular formula is C12H14BrN3O. The molecule has 1 amide bonds. The largest absolute Gasteiger partial charge is 0.351 e. The molecule has 4 nitrogen and oxygen atoms in total.